The quantitative estimate of drug-likeness (QED) is 0.0508. The molecular weight excluding hydrogens is 766 g/mol. The molecule has 8 unspecified atom stereocenters. The molecule has 59 heavy (non-hydrogen) atoms. The second kappa shape index (κ2) is 16.6. The van der Waals surface area contributed by atoms with E-state index >= 15 is 0 Å². The third kappa shape index (κ3) is 8.46. The van der Waals surface area contributed by atoms with Gasteiger partial charge in [-0.2, -0.15) is 0 Å². The number of nitrogens with one attached hydrogen (secondary N) is 2. The third-order valence-electron chi connectivity index (χ3n) is 11.6. The number of aromatic nitrogens is 4. The molecule has 0 radical (unpaired) electrons. The molecule has 2 saturated carbocycles. The van der Waals surface area contributed by atoms with E-state index in [0.29, 0.717) is 29.7 Å². The Bertz CT molecular complexity index is 2590. The molecule has 6 aromatic rings. The maximum absolute atomic E-state index is 12.1. The maximum Gasteiger partial charge on any atom is 0.224 e. The molecule has 13 nitrogen and oxygen atoms in total. The van der Waals surface area contributed by atoms with Crippen molar-refractivity contribution in [3.05, 3.63) is 138 Å². The number of hydrogen-bond acceptors (Lipinski definition) is 11. The average Bonchev–Trinajstić information content (AvgIpc) is 4.01. The maximum atomic E-state index is 12.1. The highest BCUT2D eigenvalue weighted by molar-refractivity contribution is 6.28. The molecule has 2 amide bonds. The first-order valence-corrected chi connectivity index (χ1v) is 19.9. The molecule has 2 fully saturated rings. The van der Waals surface area contributed by atoms with Crippen molar-refractivity contribution < 1.29 is 19.8 Å². The summed E-state index contributed by atoms with van der Waals surface area (Å²) in [5, 5.41) is 27.4. The Kier molecular flexibility index (Phi) is 11.0. The van der Waals surface area contributed by atoms with Gasteiger partial charge < -0.3 is 38.0 Å². The second-order valence-electron chi connectivity index (χ2n) is 15.4. The summed E-state index contributed by atoms with van der Waals surface area (Å²) in [6.07, 6.45) is 11.0. The Labute approximate surface area is 345 Å². The van der Waals surface area contributed by atoms with Crippen molar-refractivity contribution in [2.45, 2.75) is 31.3 Å². The van der Waals surface area contributed by atoms with Crippen LogP contribution in [-0.2, 0) is 16.0 Å². The number of nitrogens with two attached hydrogens (primary N) is 3. The highest BCUT2D eigenvalue weighted by Gasteiger charge is 2.48. The largest absolute Gasteiger partial charge is 0.508 e. The van der Waals surface area contributed by atoms with E-state index in [0.717, 1.165) is 46.0 Å². The SMILES string of the molecule is NC(=O)C1C2C=CC(C2)C1Nc1nc(Cc2cccc(O)c2)nc2ccccc12.NC(=O)C1C2C=CC(C2)C1Nc1nc(Cl)nc2ccccc12.Nc1cccc(O)c1. The number of para-hydroxylation sites is 2. The minimum atomic E-state index is -0.266. The summed E-state index contributed by atoms with van der Waals surface area (Å²) in [5.74, 6) is 2.52. The number of rotatable bonds is 8. The molecule has 4 aromatic carbocycles. The first-order chi connectivity index (χ1) is 28.5. The van der Waals surface area contributed by atoms with Gasteiger partial charge >= 0.3 is 0 Å². The predicted molar refractivity (Wildman–Crippen MR) is 229 cm³/mol. The topological polar surface area (TPSA) is 228 Å². The molecule has 4 bridgehead atoms. The lowest BCUT2D eigenvalue weighted by atomic mass is 9.88. The van der Waals surface area contributed by atoms with E-state index < -0.39 is 0 Å². The Morgan fingerprint density at radius 1 is 0.627 bits per heavy atom. The van der Waals surface area contributed by atoms with Gasteiger partial charge in [0.2, 0.25) is 17.1 Å². The van der Waals surface area contributed by atoms with Crippen molar-refractivity contribution in [1.82, 2.24) is 19.9 Å². The van der Waals surface area contributed by atoms with E-state index in [4.69, 9.17) is 43.9 Å². The third-order valence-corrected chi connectivity index (χ3v) is 11.7. The fourth-order valence-electron chi connectivity index (χ4n) is 8.98. The molecular formula is C45H44ClN9O4. The number of aromatic hydroxyl groups is 2. The number of hydrogen-bond donors (Lipinski definition) is 7. The number of amides is 2. The highest BCUT2D eigenvalue weighted by Crippen LogP contribution is 2.46. The van der Waals surface area contributed by atoms with Crippen molar-refractivity contribution >= 4 is 62.5 Å². The van der Waals surface area contributed by atoms with Gasteiger partial charge in [0.15, 0.2) is 0 Å². The van der Waals surface area contributed by atoms with Gasteiger partial charge in [-0.25, -0.2) is 19.9 Å². The van der Waals surface area contributed by atoms with Crippen LogP contribution >= 0.6 is 11.6 Å². The number of nitrogen functional groups attached to an aromatic ring is 1. The van der Waals surface area contributed by atoms with Crippen molar-refractivity contribution in [3.63, 3.8) is 0 Å². The van der Waals surface area contributed by atoms with Crippen LogP contribution < -0.4 is 27.8 Å². The summed E-state index contributed by atoms with van der Waals surface area (Å²) in [6, 6.07) is 29.0. The van der Waals surface area contributed by atoms with Gasteiger partial charge in [-0.3, -0.25) is 9.59 Å². The van der Waals surface area contributed by atoms with Crippen LogP contribution in [0.1, 0.15) is 24.2 Å². The fraction of sp³-hybridized carbons (Fsp3) is 0.244. The van der Waals surface area contributed by atoms with E-state index in [-0.39, 0.29) is 70.3 Å². The van der Waals surface area contributed by atoms with Gasteiger partial charge in [0.05, 0.1) is 22.9 Å². The molecule has 0 aliphatic heterocycles. The molecule has 4 aliphatic rings. The van der Waals surface area contributed by atoms with Crippen molar-refractivity contribution in [2.24, 2.45) is 47.0 Å². The van der Waals surface area contributed by atoms with Crippen LogP contribution in [0.15, 0.2) is 121 Å². The van der Waals surface area contributed by atoms with Crippen LogP contribution in [-0.4, -0.2) is 54.0 Å². The monoisotopic (exact) mass is 809 g/mol. The van der Waals surface area contributed by atoms with Crippen molar-refractivity contribution in [1.29, 1.82) is 0 Å². The standard InChI is InChI=1S/C23H22N4O2.C16H15ClN4O.C6H7NO/c24-22(29)20-14-8-9-15(12-14)21(20)27-23-17-6-1-2-7-18(17)25-19(26-23)11-13-4-3-5-16(28)10-13;17-16-19-11-4-2-1-3-10(11)15(21-16)20-13-9-6-5-8(7-9)12(13)14(18)22;7-5-2-1-3-6(8)4-5/h1-10,14-15,20-21,28H,11-12H2,(H2,24,29)(H,25,26,27);1-6,8-9,12-13H,7H2,(H2,18,22)(H,19,20,21);1-4,8H,7H2. The van der Waals surface area contributed by atoms with Crippen LogP contribution in [0.25, 0.3) is 21.8 Å². The van der Waals surface area contributed by atoms with Crippen LogP contribution in [0.2, 0.25) is 5.28 Å². The van der Waals surface area contributed by atoms with Crippen molar-refractivity contribution in [3.8, 4) is 11.5 Å². The van der Waals surface area contributed by atoms with Gasteiger partial charge in [0.25, 0.3) is 0 Å². The minimum Gasteiger partial charge on any atom is -0.508 e. The Balaban J connectivity index is 0.000000142. The number of anilines is 3. The molecule has 10 rings (SSSR count). The van der Waals surface area contributed by atoms with E-state index in [9.17, 15) is 14.7 Å². The number of primary amides is 2. The molecule has 2 aromatic heterocycles. The Morgan fingerprint density at radius 3 is 1.66 bits per heavy atom. The number of benzene rings is 4. The van der Waals surface area contributed by atoms with Crippen LogP contribution in [0.5, 0.6) is 11.5 Å². The minimum absolute atomic E-state index is 0.0399. The van der Waals surface area contributed by atoms with E-state index in [1.54, 1.807) is 30.3 Å². The Hall–Kier alpha value is -6.73. The first kappa shape index (κ1) is 39.1. The number of phenols is 2. The van der Waals surface area contributed by atoms with Gasteiger partial charge in [0, 0.05) is 41.0 Å². The van der Waals surface area contributed by atoms with E-state index in [1.165, 1.54) is 6.07 Å². The molecule has 2 heterocycles. The van der Waals surface area contributed by atoms with Crippen LogP contribution in [0.4, 0.5) is 17.3 Å². The fourth-order valence-corrected chi connectivity index (χ4v) is 9.15. The number of allylic oxidation sites excluding steroid dienone is 2. The summed E-state index contributed by atoms with van der Waals surface area (Å²) in [7, 11) is 0. The summed E-state index contributed by atoms with van der Waals surface area (Å²) in [6.45, 7) is 0. The molecule has 14 heteroatoms. The lowest BCUT2D eigenvalue weighted by Crippen LogP contribution is -2.41. The summed E-state index contributed by atoms with van der Waals surface area (Å²) < 4.78 is 0. The number of nitrogens with zero attached hydrogens (tertiary/aromatic N) is 4. The summed E-state index contributed by atoms with van der Waals surface area (Å²) in [5.41, 5.74) is 19.8. The molecule has 8 atom stereocenters. The molecule has 0 saturated heterocycles. The Morgan fingerprint density at radius 2 is 1.14 bits per heavy atom. The zero-order valence-corrected chi connectivity index (χ0v) is 32.7. The lowest BCUT2D eigenvalue weighted by molar-refractivity contribution is -0.123. The normalized spacial score (nSPS) is 24.3. The smallest absolute Gasteiger partial charge is 0.224 e. The lowest BCUT2D eigenvalue weighted by Gasteiger charge is -2.27. The number of carbonyl (C=O) groups excluding carboxylic acids is 2. The predicted octanol–water partition coefficient (Wildman–Crippen LogP) is 6.36. The van der Waals surface area contributed by atoms with E-state index in [2.05, 4.69) is 44.9 Å². The molecule has 4 aliphatic carbocycles. The number of halogens is 1. The molecule has 300 valence electrons. The summed E-state index contributed by atoms with van der Waals surface area (Å²) in [4.78, 5) is 41.9. The highest BCUT2D eigenvalue weighted by atomic mass is 35.5. The zero-order chi connectivity index (χ0) is 41.2. The van der Waals surface area contributed by atoms with Gasteiger partial charge in [0.1, 0.15) is 29.0 Å². The number of carbonyl (C=O) groups is 2. The molecule has 10 N–H and O–H groups in total. The van der Waals surface area contributed by atoms with Crippen LogP contribution in [0, 0.1) is 35.5 Å². The van der Waals surface area contributed by atoms with Crippen molar-refractivity contribution in [2.75, 3.05) is 16.4 Å². The van der Waals surface area contributed by atoms with Gasteiger partial charge in [-0.15, -0.1) is 0 Å². The van der Waals surface area contributed by atoms with Gasteiger partial charge in [-0.05, 0) is 102 Å². The van der Waals surface area contributed by atoms with Gasteiger partial charge in [-0.1, -0.05) is 66.8 Å². The number of phenolic OH excluding ortho intramolecular Hbond substituents is 2. The number of fused-ring (bicyclic) bond motifs is 6. The van der Waals surface area contributed by atoms with E-state index in [1.807, 2.05) is 60.7 Å². The average molecular weight is 810 g/mol. The zero-order valence-electron chi connectivity index (χ0n) is 31.9. The molecule has 0 spiro atoms. The second-order valence-corrected chi connectivity index (χ2v) is 15.7. The summed E-state index contributed by atoms with van der Waals surface area (Å²) >= 11 is 6.02. The first-order valence-electron chi connectivity index (χ1n) is 19.5. The van der Waals surface area contributed by atoms with Crippen LogP contribution in [0.3, 0.4) is 0 Å².